The van der Waals surface area contributed by atoms with Gasteiger partial charge in [0.2, 0.25) is 6.10 Å². The van der Waals surface area contributed by atoms with E-state index in [4.69, 9.17) is 9.47 Å². The summed E-state index contributed by atoms with van der Waals surface area (Å²) in [5.74, 6) is -0.902. The van der Waals surface area contributed by atoms with Crippen molar-refractivity contribution in [1.29, 1.82) is 0 Å². The van der Waals surface area contributed by atoms with E-state index in [1.54, 1.807) is 12.1 Å². The van der Waals surface area contributed by atoms with Crippen LogP contribution in [0.2, 0.25) is 0 Å². The van der Waals surface area contributed by atoms with Crippen molar-refractivity contribution in [2.45, 2.75) is 32.3 Å². The molecule has 1 aromatic carbocycles. The zero-order chi connectivity index (χ0) is 13.0. The molecule has 96 valence electrons. The lowest BCUT2D eigenvalue weighted by Crippen LogP contribution is -2.35. The predicted octanol–water partition coefficient (Wildman–Crippen LogP) is 2.11. The molecule has 0 bridgehead atoms. The quantitative estimate of drug-likeness (QED) is 0.605. The van der Waals surface area contributed by atoms with Gasteiger partial charge in [0.15, 0.2) is 0 Å². The first-order valence-electron chi connectivity index (χ1n) is 6.18. The van der Waals surface area contributed by atoms with Gasteiger partial charge in [0.1, 0.15) is 0 Å². The molecule has 1 heterocycles. The Kier molecular flexibility index (Phi) is 3.97. The lowest BCUT2D eigenvalue weighted by Gasteiger charge is -2.23. The van der Waals surface area contributed by atoms with E-state index in [1.165, 1.54) is 0 Å². The molecule has 1 atom stereocenters. The third kappa shape index (κ3) is 2.70. The zero-order valence-corrected chi connectivity index (χ0v) is 10.3. The molecular weight excluding hydrogens is 232 g/mol. The minimum atomic E-state index is -0.802. The lowest BCUT2D eigenvalue weighted by molar-refractivity contribution is -0.154. The number of rotatable bonds is 4. The second-order valence-electron chi connectivity index (χ2n) is 4.28. The number of ether oxygens (including phenoxy) is 2. The summed E-state index contributed by atoms with van der Waals surface area (Å²) in [6, 6.07) is 7.16. The van der Waals surface area contributed by atoms with Gasteiger partial charge in [0, 0.05) is 6.42 Å². The topological polar surface area (TPSA) is 52.6 Å². The number of esters is 2. The Morgan fingerprint density at radius 3 is 3.00 bits per heavy atom. The van der Waals surface area contributed by atoms with Crippen LogP contribution in [0.5, 0.6) is 0 Å². The van der Waals surface area contributed by atoms with Crippen LogP contribution in [0.15, 0.2) is 24.3 Å². The number of carbonyl (C=O) groups is 2. The lowest BCUT2D eigenvalue weighted by atomic mass is 9.99. The molecule has 2 rings (SSSR count). The van der Waals surface area contributed by atoms with E-state index in [0.29, 0.717) is 18.6 Å². The summed E-state index contributed by atoms with van der Waals surface area (Å²) in [5.41, 5.74) is 1.38. The molecule has 0 saturated carbocycles. The van der Waals surface area contributed by atoms with Gasteiger partial charge in [-0.1, -0.05) is 31.5 Å². The molecule has 0 fully saturated rings. The fraction of sp³-hybridized carbons (Fsp3) is 0.429. The third-order valence-electron chi connectivity index (χ3n) is 2.90. The molecule has 18 heavy (non-hydrogen) atoms. The maximum Gasteiger partial charge on any atom is 0.347 e. The highest BCUT2D eigenvalue weighted by molar-refractivity contribution is 5.94. The highest BCUT2D eigenvalue weighted by Crippen LogP contribution is 2.21. The fourth-order valence-corrected chi connectivity index (χ4v) is 1.87. The number of hydrogen-bond acceptors (Lipinski definition) is 4. The summed E-state index contributed by atoms with van der Waals surface area (Å²) in [5, 5.41) is 0. The maximum atomic E-state index is 11.7. The van der Waals surface area contributed by atoms with Crippen LogP contribution in [0.4, 0.5) is 0 Å². The first-order chi connectivity index (χ1) is 8.72. The molecule has 0 unspecified atom stereocenters. The van der Waals surface area contributed by atoms with E-state index in [1.807, 2.05) is 19.1 Å². The first kappa shape index (κ1) is 12.6. The average molecular weight is 248 g/mol. The van der Waals surface area contributed by atoms with Gasteiger partial charge in [-0.2, -0.15) is 0 Å². The van der Waals surface area contributed by atoms with E-state index in [-0.39, 0.29) is 0 Å². The van der Waals surface area contributed by atoms with Crippen molar-refractivity contribution in [3.63, 3.8) is 0 Å². The van der Waals surface area contributed by atoms with E-state index >= 15 is 0 Å². The summed E-state index contributed by atoms with van der Waals surface area (Å²) in [6.07, 6.45) is 1.38. The molecule has 0 radical (unpaired) electrons. The third-order valence-corrected chi connectivity index (χ3v) is 2.90. The van der Waals surface area contributed by atoms with Gasteiger partial charge in [-0.3, -0.25) is 0 Å². The van der Waals surface area contributed by atoms with Gasteiger partial charge in [-0.15, -0.1) is 0 Å². The molecule has 1 aliphatic rings. The Labute approximate surface area is 106 Å². The standard InChI is InChI=1S/C14H16O4/c1-2-3-8-17-14(16)12-9-10-6-4-5-7-11(10)13(15)18-12/h4-7,12H,2-3,8-9H2,1H3/t12-/m0/s1. The van der Waals surface area contributed by atoms with Crippen molar-refractivity contribution >= 4 is 11.9 Å². The zero-order valence-electron chi connectivity index (χ0n) is 10.3. The van der Waals surface area contributed by atoms with Gasteiger partial charge in [-0.25, -0.2) is 9.59 Å². The fourth-order valence-electron chi connectivity index (χ4n) is 1.87. The van der Waals surface area contributed by atoms with Crippen molar-refractivity contribution in [2.24, 2.45) is 0 Å². The van der Waals surface area contributed by atoms with Gasteiger partial charge in [-0.05, 0) is 18.1 Å². The SMILES string of the molecule is CCCCOC(=O)[C@@H]1Cc2ccccc2C(=O)O1. The van der Waals surface area contributed by atoms with Crippen LogP contribution < -0.4 is 0 Å². The van der Waals surface area contributed by atoms with E-state index in [0.717, 1.165) is 18.4 Å². The van der Waals surface area contributed by atoms with Gasteiger partial charge in [0.05, 0.1) is 12.2 Å². The Bertz CT molecular complexity index is 453. The largest absolute Gasteiger partial charge is 0.463 e. The van der Waals surface area contributed by atoms with Crippen LogP contribution in [-0.2, 0) is 20.7 Å². The summed E-state index contributed by atoms with van der Waals surface area (Å²) in [7, 11) is 0. The van der Waals surface area contributed by atoms with E-state index in [2.05, 4.69) is 0 Å². The molecule has 4 nitrogen and oxygen atoms in total. The number of benzene rings is 1. The van der Waals surface area contributed by atoms with Crippen molar-refractivity contribution in [2.75, 3.05) is 6.61 Å². The first-order valence-corrected chi connectivity index (χ1v) is 6.18. The monoisotopic (exact) mass is 248 g/mol. The van der Waals surface area contributed by atoms with Crippen LogP contribution in [0, 0.1) is 0 Å². The Morgan fingerprint density at radius 1 is 1.44 bits per heavy atom. The summed E-state index contributed by atoms with van der Waals surface area (Å²) in [6.45, 7) is 2.40. The highest BCUT2D eigenvalue weighted by atomic mass is 16.6. The van der Waals surface area contributed by atoms with E-state index < -0.39 is 18.0 Å². The Balaban J connectivity index is 2.02. The minimum absolute atomic E-state index is 0.380. The minimum Gasteiger partial charge on any atom is -0.463 e. The predicted molar refractivity (Wildman–Crippen MR) is 65.2 cm³/mol. The number of cyclic esters (lactones) is 1. The molecule has 0 aromatic heterocycles. The highest BCUT2D eigenvalue weighted by Gasteiger charge is 2.31. The maximum absolute atomic E-state index is 11.7. The van der Waals surface area contributed by atoms with Crippen molar-refractivity contribution in [1.82, 2.24) is 0 Å². The molecule has 1 aliphatic heterocycles. The Hall–Kier alpha value is -1.84. The van der Waals surface area contributed by atoms with E-state index in [9.17, 15) is 9.59 Å². The van der Waals surface area contributed by atoms with Crippen LogP contribution in [0.25, 0.3) is 0 Å². The molecule has 1 aromatic rings. The average Bonchev–Trinajstić information content (AvgIpc) is 2.39. The van der Waals surface area contributed by atoms with Crippen LogP contribution in [-0.4, -0.2) is 24.6 Å². The van der Waals surface area contributed by atoms with Crippen molar-refractivity contribution in [3.05, 3.63) is 35.4 Å². The molecule has 0 spiro atoms. The number of carbonyl (C=O) groups excluding carboxylic acids is 2. The second kappa shape index (κ2) is 5.67. The second-order valence-corrected chi connectivity index (χ2v) is 4.28. The molecular formula is C14H16O4. The van der Waals surface area contributed by atoms with Gasteiger partial charge >= 0.3 is 11.9 Å². The normalized spacial score (nSPS) is 17.8. The Morgan fingerprint density at radius 2 is 2.22 bits per heavy atom. The number of unbranched alkanes of at least 4 members (excludes halogenated alkanes) is 1. The van der Waals surface area contributed by atoms with Gasteiger partial charge < -0.3 is 9.47 Å². The van der Waals surface area contributed by atoms with Crippen molar-refractivity contribution < 1.29 is 19.1 Å². The van der Waals surface area contributed by atoms with Crippen molar-refractivity contribution in [3.8, 4) is 0 Å². The van der Waals surface area contributed by atoms with Gasteiger partial charge in [0.25, 0.3) is 0 Å². The molecule has 0 saturated heterocycles. The summed E-state index contributed by atoms with van der Waals surface area (Å²) >= 11 is 0. The number of fused-ring (bicyclic) bond motifs is 1. The summed E-state index contributed by atoms with van der Waals surface area (Å²) in [4.78, 5) is 23.4. The molecule has 4 heteroatoms. The molecule has 0 N–H and O–H groups in total. The van der Waals surface area contributed by atoms with Crippen LogP contribution in [0.3, 0.4) is 0 Å². The number of hydrogen-bond donors (Lipinski definition) is 0. The molecule has 0 aliphatic carbocycles. The smallest absolute Gasteiger partial charge is 0.347 e. The van der Waals surface area contributed by atoms with Crippen LogP contribution in [0.1, 0.15) is 35.7 Å². The summed E-state index contributed by atoms with van der Waals surface area (Å²) < 4.78 is 10.2. The molecule has 0 amide bonds. The van der Waals surface area contributed by atoms with Crippen LogP contribution >= 0.6 is 0 Å².